The van der Waals surface area contributed by atoms with Crippen molar-refractivity contribution in [2.75, 3.05) is 10.6 Å². The maximum atomic E-state index is 11.9. The van der Waals surface area contributed by atoms with Gasteiger partial charge in [0.2, 0.25) is 5.91 Å². The van der Waals surface area contributed by atoms with Crippen LogP contribution in [0.5, 0.6) is 0 Å². The first kappa shape index (κ1) is 9.89. The molecule has 5 nitrogen and oxygen atoms in total. The number of nitrogens with one attached hydrogen (secondary N) is 3. The number of fused-ring (bicyclic) bond motifs is 1. The van der Waals surface area contributed by atoms with Crippen molar-refractivity contribution in [3.05, 3.63) is 42.5 Å². The summed E-state index contributed by atoms with van der Waals surface area (Å²) in [5.41, 5.74) is 2.65. The third-order valence-corrected chi connectivity index (χ3v) is 2.80. The van der Waals surface area contributed by atoms with E-state index in [0.29, 0.717) is 6.42 Å². The summed E-state index contributed by atoms with van der Waals surface area (Å²) in [5.74, 6) is -0.0216. The summed E-state index contributed by atoms with van der Waals surface area (Å²) in [4.78, 5) is 18.9. The number of nitrogens with zero attached hydrogens (tertiary/aromatic N) is 1. The Balaban J connectivity index is 1.82. The van der Waals surface area contributed by atoms with Crippen LogP contribution in [0.15, 0.2) is 36.8 Å². The van der Waals surface area contributed by atoms with E-state index in [0.717, 1.165) is 17.1 Å². The first-order chi connectivity index (χ1) is 8.33. The zero-order valence-corrected chi connectivity index (χ0v) is 9.10. The molecule has 1 atom stereocenters. The highest BCUT2D eigenvalue weighted by Crippen LogP contribution is 2.26. The van der Waals surface area contributed by atoms with Gasteiger partial charge in [-0.05, 0) is 12.1 Å². The molecule has 3 N–H and O–H groups in total. The maximum Gasteiger partial charge on any atom is 0.247 e. The number of amides is 1. The summed E-state index contributed by atoms with van der Waals surface area (Å²) >= 11 is 0. The second kappa shape index (κ2) is 3.93. The molecule has 2 heterocycles. The number of hydrogen-bond acceptors (Lipinski definition) is 3. The molecule has 0 saturated carbocycles. The molecule has 3 rings (SSSR count). The Bertz CT molecular complexity index is 535. The number of H-pyrrole nitrogens is 1. The first-order valence-electron chi connectivity index (χ1n) is 5.47. The second-order valence-corrected chi connectivity index (χ2v) is 4.00. The minimum absolute atomic E-state index is 0.0216. The van der Waals surface area contributed by atoms with E-state index in [2.05, 4.69) is 20.6 Å². The minimum Gasteiger partial charge on any atom is -0.372 e. The largest absolute Gasteiger partial charge is 0.372 e. The number of carbonyl (C=O) groups excluding carboxylic acids is 1. The number of aromatic amines is 1. The van der Waals surface area contributed by atoms with Crippen molar-refractivity contribution in [1.29, 1.82) is 0 Å². The van der Waals surface area contributed by atoms with E-state index < -0.39 is 0 Å². The highest BCUT2D eigenvalue weighted by atomic mass is 16.2. The molecular weight excluding hydrogens is 216 g/mol. The zero-order chi connectivity index (χ0) is 11.7. The van der Waals surface area contributed by atoms with E-state index in [1.54, 1.807) is 12.5 Å². The van der Waals surface area contributed by atoms with Gasteiger partial charge in [-0.15, -0.1) is 0 Å². The average molecular weight is 228 g/mol. The van der Waals surface area contributed by atoms with Crippen LogP contribution in [0, 0.1) is 0 Å². The van der Waals surface area contributed by atoms with E-state index in [4.69, 9.17) is 0 Å². The molecule has 0 saturated heterocycles. The summed E-state index contributed by atoms with van der Waals surface area (Å²) in [6.07, 6.45) is 3.99. The van der Waals surface area contributed by atoms with Crippen molar-refractivity contribution in [2.45, 2.75) is 12.5 Å². The van der Waals surface area contributed by atoms with E-state index in [9.17, 15) is 4.79 Å². The molecule has 5 heteroatoms. The standard InChI is InChI=1S/C12H12N4O/c17-12-11(5-8-6-13-7-14-8)15-9-3-1-2-4-10(9)16-12/h1-4,6-7,11,15H,5H2,(H,13,14)(H,16,17). The molecule has 0 aliphatic carbocycles. The SMILES string of the molecule is O=C1Nc2ccccc2NC1Cc1c[nH]cn1. The number of aromatic nitrogens is 2. The van der Waals surface area contributed by atoms with Crippen molar-refractivity contribution in [1.82, 2.24) is 9.97 Å². The van der Waals surface area contributed by atoms with Crippen molar-refractivity contribution >= 4 is 17.3 Å². The van der Waals surface area contributed by atoms with Gasteiger partial charge in [0.1, 0.15) is 6.04 Å². The van der Waals surface area contributed by atoms with Crippen LogP contribution in [0.3, 0.4) is 0 Å². The van der Waals surface area contributed by atoms with Crippen LogP contribution >= 0.6 is 0 Å². The van der Waals surface area contributed by atoms with Crippen molar-refractivity contribution in [3.63, 3.8) is 0 Å². The smallest absolute Gasteiger partial charge is 0.247 e. The van der Waals surface area contributed by atoms with Crippen LogP contribution in [0.25, 0.3) is 0 Å². The highest BCUT2D eigenvalue weighted by Gasteiger charge is 2.25. The summed E-state index contributed by atoms with van der Waals surface area (Å²) in [7, 11) is 0. The maximum absolute atomic E-state index is 11.9. The molecule has 2 aromatic rings. The molecule has 1 aliphatic rings. The quantitative estimate of drug-likeness (QED) is 0.727. The summed E-state index contributed by atoms with van der Waals surface area (Å²) in [5, 5.41) is 6.10. The lowest BCUT2D eigenvalue weighted by atomic mass is 10.1. The number of para-hydroxylation sites is 2. The Kier molecular flexibility index (Phi) is 2.29. The number of anilines is 2. The summed E-state index contributed by atoms with van der Waals surface area (Å²) < 4.78 is 0. The lowest BCUT2D eigenvalue weighted by Gasteiger charge is -2.26. The molecule has 1 amide bonds. The molecule has 0 radical (unpaired) electrons. The van der Waals surface area contributed by atoms with E-state index in [-0.39, 0.29) is 11.9 Å². The molecule has 17 heavy (non-hydrogen) atoms. The Morgan fingerprint density at radius 1 is 1.24 bits per heavy atom. The fourth-order valence-corrected chi connectivity index (χ4v) is 1.95. The van der Waals surface area contributed by atoms with Crippen LogP contribution in [-0.4, -0.2) is 21.9 Å². The van der Waals surface area contributed by atoms with Gasteiger partial charge in [-0.25, -0.2) is 4.98 Å². The Labute approximate surface area is 98.3 Å². The Hall–Kier alpha value is -2.30. The average Bonchev–Trinajstić information content (AvgIpc) is 2.83. The molecular formula is C12H12N4O. The molecule has 1 aromatic carbocycles. The van der Waals surface area contributed by atoms with Gasteiger partial charge in [-0.1, -0.05) is 12.1 Å². The predicted molar refractivity (Wildman–Crippen MR) is 64.8 cm³/mol. The fourth-order valence-electron chi connectivity index (χ4n) is 1.95. The highest BCUT2D eigenvalue weighted by molar-refractivity contribution is 6.02. The summed E-state index contributed by atoms with van der Waals surface area (Å²) in [6, 6.07) is 7.40. The monoisotopic (exact) mass is 228 g/mol. The van der Waals surface area contributed by atoms with Gasteiger partial charge in [0.25, 0.3) is 0 Å². The Morgan fingerprint density at radius 3 is 2.82 bits per heavy atom. The zero-order valence-electron chi connectivity index (χ0n) is 9.10. The van der Waals surface area contributed by atoms with Crippen LogP contribution in [0.2, 0.25) is 0 Å². The Morgan fingerprint density at radius 2 is 2.06 bits per heavy atom. The number of carbonyl (C=O) groups is 1. The minimum atomic E-state index is -0.270. The van der Waals surface area contributed by atoms with Gasteiger partial charge in [-0.3, -0.25) is 4.79 Å². The lowest BCUT2D eigenvalue weighted by molar-refractivity contribution is -0.117. The third kappa shape index (κ3) is 1.87. The summed E-state index contributed by atoms with van der Waals surface area (Å²) in [6.45, 7) is 0. The molecule has 1 unspecified atom stereocenters. The van der Waals surface area contributed by atoms with Gasteiger partial charge in [0.15, 0.2) is 0 Å². The van der Waals surface area contributed by atoms with Crippen LogP contribution < -0.4 is 10.6 Å². The normalized spacial score (nSPS) is 18.1. The van der Waals surface area contributed by atoms with E-state index >= 15 is 0 Å². The van der Waals surface area contributed by atoms with Crippen LogP contribution in [0.1, 0.15) is 5.69 Å². The fraction of sp³-hybridized carbons (Fsp3) is 0.167. The van der Waals surface area contributed by atoms with Crippen molar-refractivity contribution < 1.29 is 4.79 Å². The number of hydrogen-bond donors (Lipinski definition) is 3. The molecule has 0 fully saturated rings. The van der Waals surface area contributed by atoms with Crippen molar-refractivity contribution in [2.24, 2.45) is 0 Å². The molecule has 0 bridgehead atoms. The van der Waals surface area contributed by atoms with Crippen molar-refractivity contribution in [3.8, 4) is 0 Å². The molecule has 1 aromatic heterocycles. The van der Waals surface area contributed by atoms with Crippen LogP contribution in [0.4, 0.5) is 11.4 Å². The first-order valence-corrected chi connectivity index (χ1v) is 5.47. The van der Waals surface area contributed by atoms with Crippen LogP contribution in [-0.2, 0) is 11.2 Å². The molecule has 0 spiro atoms. The van der Waals surface area contributed by atoms with Gasteiger partial charge in [0, 0.05) is 12.6 Å². The number of rotatable bonds is 2. The lowest BCUT2D eigenvalue weighted by Crippen LogP contribution is -2.40. The second-order valence-electron chi connectivity index (χ2n) is 4.00. The topological polar surface area (TPSA) is 69.8 Å². The predicted octanol–water partition coefficient (Wildman–Crippen LogP) is 1.38. The van der Waals surface area contributed by atoms with Gasteiger partial charge < -0.3 is 15.6 Å². The van der Waals surface area contributed by atoms with Gasteiger partial charge in [0.05, 0.1) is 23.4 Å². The number of imidazole rings is 1. The molecule has 1 aliphatic heterocycles. The third-order valence-electron chi connectivity index (χ3n) is 2.80. The van der Waals surface area contributed by atoms with E-state index in [1.807, 2.05) is 24.3 Å². The van der Waals surface area contributed by atoms with Gasteiger partial charge in [-0.2, -0.15) is 0 Å². The van der Waals surface area contributed by atoms with Gasteiger partial charge >= 0.3 is 0 Å². The number of benzene rings is 1. The van der Waals surface area contributed by atoms with E-state index in [1.165, 1.54) is 0 Å². The molecule has 86 valence electrons.